The summed E-state index contributed by atoms with van der Waals surface area (Å²) in [6.45, 7) is 1.07. The second-order valence-electron chi connectivity index (χ2n) is 6.92. The number of hydrogen-bond donors (Lipinski definition) is 2. The summed E-state index contributed by atoms with van der Waals surface area (Å²) < 4.78 is 46.7. The molecule has 12 heteroatoms. The van der Waals surface area contributed by atoms with Crippen LogP contribution in [0.2, 0.25) is 0 Å². The van der Waals surface area contributed by atoms with Crippen molar-refractivity contribution in [3.63, 3.8) is 0 Å². The van der Waals surface area contributed by atoms with E-state index in [1.165, 1.54) is 34.9 Å². The summed E-state index contributed by atoms with van der Waals surface area (Å²) in [7, 11) is 1.49. The lowest BCUT2D eigenvalue weighted by atomic mass is 10.1. The van der Waals surface area contributed by atoms with Crippen molar-refractivity contribution >= 4 is 11.8 Å². The number of halogens is 3. The number of fused-ring (bicyclic) bond motifs is 1. The molecular formula is C20H20F3N3O6. The van der Waals surface area contributed by atoms with Gasteiger partial charge in [0.2, 0.25) is 5.43 Å². The predicted molar refractivity (Wildman–Crippen MR) is 104 cm³/mol. The zero-order valence-electron chi connectivity index (χ0n) is 16.9. The van der Waals surface area contributed by atoms with Gasteiger partial charge in [0.05, 0.1) is 6.61 Å². The molecular weight excluding hydrogens is 435 g/mol. The molecule has 0 bridgehead atoms. The summed E-state index contributed by atoms with van der Waals surface area (Å²) >= 11 is 0. The normalized spacial score (nSPS) is 13.6. The molecule has 0 fully saturated rings. The number of carbonyl (C=O) groups excluding carboxylic acids is 2. The lowest BCUT2D eigenvalue weighted by Gasteiger charge is -2.30. The molecule has 0 saturated heterocycles. The fourth-order valence-electron chi connectivity index (χ4n) is 3.19. The Kier molecular flexibility index (Phi) is 6.72. The quantitative estimate of drug-likeness (QED) is 0.655. The summed E-state index contributed by atoms with van der Waals surface area (Å²) in [6.07, 6.45) is -3.60. The largest absolute Gasteiger partial charge is 0.573 e. The van der Waals surface area contributed by atoms with Crippen LogP contribution in [-0.2, 0) is 17.8 Å². The Bertz CT molecular complexity index is 1070. The molecule has 2 aromatic rings. The van der Waals surface area contributed by atoms with Crippen LogP contribution in [0.25, 0.3) is 0 Å². The standard InChI is InChI=1S/C20H20F3N3O6/c1-31-9-8-25-6-7-26-11-14(16(27)17(28)15(26)19(25)30)18(29)24-10-12-2-4-13(5-3-12)32-20(21,22)23/h2-5,11,28H,6-10H2,1H3,(H,24,29). The zero-order chi connectivity index (χ0) is 23.5. The highest BCUT2D eigenvalue weighted by Gasteiger charge is 2.31. The van der Waals surface area contributed by atoms with E-state index in [4.69, 9.17) is 4.74 Å². The van der Waals surface area contributed by atoms with Crippen LogP contribution < -0.4 is 15.5 Å². The Morgan fingerprint density at radius 1 is 1.19 bits per heavy atom. The first kappa shape index (κ1) is 23.1. The van der Waals surface area contributed by atoms with Crippen LogP contribution in [0.3, 0.4) is 0 Å². The predicted octanol–water partition coefficient (Wildman–Crippen LogP) is 1.48. The maximum atomic E-state index is 12.6. The highest BCUT2D eigenvalue weighted by atomic mass is 19.4. The minimum Gasteiger partial charge on any atom is -0.503 e. The molecule has 9 nitrogen and oxygen atoms in total. The first-order valence-electron chi connectivity index (χ1n) is 9.48. The Balaban J connectivity index is 1.72. The van der Waals surface area contributed by atoms with Crippen molar-refractivity contribution in [1.82, 2.24) is 14.8 Å². The maximum Gasteiger partial charge on any atom is 0.573 e. The Labute approximate surface area is 180 Å². The maximum absolute atomic E-state index is 12.6. The molecule has 32 heavy (non-hydrogen) atoms. The molecule has 0 atom stereocenters. The summed E-state index contributed by atoms with van der Waals surface area (Å²) in [4.78, 5) is 39.0. The van der Waals surface area contributed by atoms with E-state index in [1.54, 1.807) is 0 Å². The van der Waals surface area contributed by atoms with Crippen molar-refractivity contribution in [2.45, 2.75) is 19.5 Å². The Morgan fingerprint density at radius 2 is 1.88 bits per heavy atom. The minimum absolute atomic E-state index is 0.0865. The van der Waals surface area contributed by atoms with E-state index in [1.807, 2.05) is 0 Å². The van der Waals surface area contributed by atoms with Gasteiger partial charge >= 0.3 is 6.36 Å². The number of benzene rings is 1. The van der Waals surface area contributed by atoms with Gasteiger partial charge in [-0.3, -0.25) is 14.4 Å². The van der Waals surface area contributed by atoms with Crippen molar-refractivity contribution in [2.75, 3.05) is 26.8 Å². The number of amides is 2. The molecule has 1 aliphatic rings. The van der Waals surface area contributed by atoms with Crippen LogP contribution >= 0.6 is 0 Å². The molecule has 2 N–H and O–H groups in total. The molecule has 1 aromatic carbocycles. The van der Waals surface area contributed by atoms with E-state index >= 15 is 0 Å². The van der Waals surface area contributed by atoms with Gasteiger partial charge < -0.3 is 29.4 Å². The van der Waals surface area contributed by atoms with Gasteiger partial charge in [-0.05, 0) is 17.7 Å². The number of aromatic hydroxyl groups is 1. The molecule has 3 rings (SSSR count). The zero-order valence-corrected chi connectivity index (χ0v) is 16.9. The smallest absolute Gasteiger partial charge is 0.503 e. The van der Waals surface area contributed by atoms with E-state index in [0.717, 1.165) is 12.1 Å². The fourth-order valence-corrected chi connectivity index (χ4v) is 3.19. The van der Waals surface area contributed by atoms with Crippen LogP contribution in [0.15, 0.2) is 35.3 Å². The number of nitrogens with one attached hydrogen (secondary N) is 1. The summed E-state index contributed by atoms with van der Waals surface area (Å²) in [5, 5.41) is 12.8. The second kappa shape index (κ2) is 9.30. The van der Waals surface area contributed by atoms with Gasteiger partial charge in [-0.1, -0.05) is 12.1 Å². The first-order valence-corrected chi connectivity index (χ1v) is 9.48. The molecule has 0 saturated carbocycles. The van der Waals surface area contributed by atoms with Crippen molar-refractivity contribution < 1.29 is 37.3 Å². The third kappa shape index (κ3) is 5.19. The number of pyridine rings is 1. The first-order chi connectivity index (χ1) is 15.1. The van der Waals surface area contributed by atoms with Crippen molar-refractivity contribution in [2.24, 2.45) is 0 Å². The average molecular weight is 455 g/mol. The fraction of sp³-hybridized carbons (Fsp3) is 0.350. The number of hydrogen-bond acceptors (Lipinski definition) is 6. The third-order valence-corrected chi connectivity index (χ3v) is 4.78. The lowest BCUT2D eigenvalue weighted by Crippen LogP contribution is -2.44. The number of alkyl halides is 3. The molecule has 0 unspecified atom stereocenters. The molecule has 0 radical (unpaired) electrons. The van der Waals surface area contributed by atoms with Crippen LogP contribution in [0.5, 0.6) is 11.5 Å². The van der Waals surface area contributed by atoms with Crippen LogP contribution in [-0.4, -0.2) is 59.6 Å². The van der Waals surface area contributed by atoms with Gasteiger partial charge in [0.1, 0.15) is 11.3 Å². The highest BCUT2D eigenvalue weighted by Crippen LogP contribution is 2.23. The third-order valence-electron chi connectivity index (χ3n) is 4.78. The second-order valence-corrected chi connectivity index (χ2v) is 6.92. The number of carbonyl (C=O) groups is 2. The molecule has 1 aromatic heterocycles. The van der Waals surface area contributed by atoms with Gasteiger partial charge in [0, 0.05) is 39.5 Å². The topological polar surface area (TPSA) is 110 Å². The molecule has 0 spiro atoms. The van der Waals surface area contributed by atoms with E-state index in [0.29, 0.717) is 18.7 Å². The van der Waals surface area contributed by atoms with Gasteiger partial charge in [0.15, 0.2) is 11.4 Å². The van der Waals surface area contributed by atoms with Gasteiger partial charge in [0.25, 0.3) is 11.8 Å². The van der Waals surface area contributed by atoms with E-state index in [2.05, 4.69) is 10.1 Å². The number of ether oxygens (including phenoxy) is 2. The van der Waals surface area contributed by atoms with Gasteiger partial charge in [-0.25, -0.2) is 0 Å². The summed E-state index contributed by atoms with van der Waals surface area (Å²) in [5.74, 6) is -2.57. The minimum atomic E-state index is -4.81. The van der Waals surface area contributed by atoms with Crippen molar-refractivity contribution in [3.8, 4) is 11.5 Å². The van der Waals surface area contributed by atoms with Crippen LogP contribution in [0.1, 0.15) is 26.4 Å². The lowest BCUT2D eigenvalue weighted by molar-refractivity contribution is -0.274. The molecule has 172 valence electrons. The van der Waals surface area contributed by atoms with Gasteiger partial charge in [-0.2, -0.15) is 0 Å². The molecule has 0 aliphatic carbocycles. The van der Waals surface area contributed by atoms with Crippen LogP contribution in [0, 0.1) is 0 Å². The molecule has 2 heterocycles. The van der Waals surface area contributed by atoms with E-state index < -0.39 is 35.1 Å². The van der Waals surface area contributed by atoms with Crippen molar-refractivity contribution in [1.29, 1.82) is 0 Å². The van der Waals surface area contributed by atoms with Gasteiger partial charge in [-0.15, -0.1) is 13.2 Å². The SMILES string of the molecule is COCCN1CCn2cc(C(=O)NCc3ccc(OC(F)(F)F)cc3)c(=O)c(O)c2C1=O. The monoisotopic (exact) mass is 455 g/mol. The number of rotatable bonds is 7. The molecule has 1 aliphatic heterocycles. The number of aromatic nitrogens is 1. The van der Waals surface area contributed by atoms with Crippen molar-refractivity contribution in [3.05, 3.63) is 57.5 Å². The van der Waals surface area contributed by atoms with E-state index in [9.17, 15) is 32.7 Å². The number of methoxy groups -OCH3 is 1. The van der Waals surface area contributed by atoms with E-state index in [-0.39, 0.29) is 30.9 Å². The van der Waals surface area contributed by atoms with Crippen LogP contribution in [0.4, 0.5) is 13.2 Å². The average Bonchev–Trinajstić information content (AvgIpc) is 2.73. The Morgan fingerprint density at radius 3 is 2.50 bits per heavy atom. The Hall–Kier alpha value is -3.54. The highest BCUT2D eigenvalue weighted by molar-refractivity contribution is 5.99. The number of nitrogens with zero attached hydrogens (tertiary/aromatic N) is 2. The molecule has 2 amide bonds. The summed E-state index contributed by atoms with van der Waals surface area (Å²) in [5.41, 5.74) is -1.10. The summed E-state index contributed by atoms with van der Waals surface area (Å²) in [6, 6.07) is 4.84.